The Morgan fingerprint density at radius 2 is 1.77 bits per heavy atom. The average molecular weight is 377 g/mol. The van der Waals surface area contributed by atoms with E-state index in [0.717, 1.165) is 36.2 Å². The average Bonchev–Trinajstić information content (AvgIpc) is 3.27. The largest absolute Gasteiger partial charge is 0.308 e. The van der Waals surface area contributed by atoms with Gasteiger partial charge in [-0.2, -0.15) is 9.40 Å². The summed E-state index contributed by atoms with van der Waals surface area (Å²) in [6, 6.07) is 7.19. The summed E-state index contributed by atoms with van der Waals surface area (Å²) >= 11 is 0. The fourth-order valence-corrected chi connectivity index (χ4v) is 4.81. The van der Waals surface area contributed by atoms with E-state index in [9.17, 15) is 8.42 Å². The van der Waals surface area contributed by atoms with Gasteiger partial charge in [-0.25, -0.2) is 8.42 Å². The Labute approximate surface area is 156 Å². The first kappa shape index (κ1) is 19.1. The molecule has 0 atom stereocenters. The summed E-state index contributed by atoms with van der Waals surface area (Å²) in [5, 5.41) is 10.6. The smallest absolute Gasteiger partial charge is 0.243 e. The molecule has 0 amide bonds. The number of aromatic amines is 1. The van der Waals surface area contributed by atoms with E-state index in [-0.39, 0.29) is 5.41 Å². The third-order valence-corrected chi connectivity index (χ3v) is 6.65. The van der Waals surface area contributed by atoms with Crippen molar-refractivity contribution in [2.24, 2.45) is 0 Å². The molecule has 26 heavy (non-hydrogen) atoms. The minimum Gasteiger partial charge on any atom is -0.308 e. The summed E-state index contributed by atoms with van der Waals surface area (Å²) in [4.78, 5) is 0.382. The van der Waals surface area contributed by atoms with Gasteiger partial charge >= 0.3 is 0 Å². The molecule has 1 aliphatic heterocycles. The van der Waals surface area contributed by atoms with Crippen molar-refractivity contribution in [1.29, 1.82) is 0 Å². The molecule has 1 aliphatic rings. The van der Waals surface area contributed by atoms with E-state index in [1.165, 1.54) is 0 Å². The molecule has 0 aliphatic carbocycles. The molecule has 0 saturated carbocycles. The lowest BCUT2D eigenvalue weighted by atomic mass is 9.89. The number of benzene rings is 1. The second-order valence-corrected chi connectivity index (χ2v) is 9.82. The molecular formula is C19H28N4O2S. The first-order valence-corrected chi connectivity index (χ1v) is 10.5. The lowest BCUT2D eigenvalue weighted by Crippen LogP contribution is -2.27. The van der Waals surface area contributed by atoms with Crippen LogP contribution in [0.1, 0.15) is 50.4 Å². The highest BCUT2D eigenvalue weighted by Crippen LogP contribution is 2.23. The summed E-state index contributed by atoms with van der Waals surface area (Å²) < 4.78 is 26.7. The lowest BCUT2D eigenvalue weighted by Gasteiger charge is -2.18. The van der Waals surface area contributed by atoms with E-state index in [0.29, 0.717) is 24.5 Å². The van der Waals surface area contributed by atoms with Gasteiger partial charge in [-0.3, -0.25) is 5.10 Å². The summed E-state index contributed by atoms with van der Waals surface area (Å²) in [5.74, 6) is 0. The van der Waals surface area contributed by atoms with Crippen LogP contribution in [-0.2, 0) is 28.5 Å². The van der Waals surface area contributed by atoms with Gasteiger partial charge in [0.05, 0.1) is 11.1 Å². The van der Waals surface area contributed by atoms with E-state index >= 15 is 0 Å². The van der Waals surface area contributed by atoms with Crippen molar-refractivity contribution in [2.75, 3.05) is 13.1 Å². The van der Waals surface area contributed by atoms with E-state index in [1.54, 1.807) is 16.4 Å². The highest BCUT2D eigenvalue weighted by atomic mass is 32.2. The molecule has 2 heterocycles. The highest BCUT2D eigenvalue weighted by molar-refractivity contribution is 7.89. The molecule has 0 radical (unpaired) electrons. The number of hydrogen-bond donors (Lipinski definition) is 2. The first-order chi connectivity index (χ1) is 12.3. The van der Waals surface area contributed by atoms with Gasteiger partial charge in [0.25, 0.3) is 0 Å². The summed E-state index contributed by atoms with van der Waals surface area (Å²) in [5.41, 5.74) is 3.38. The maximum atomic E-state index is 12.5. The lowest BCUT2D eigenvalue weighted by molar-refractivity contribution is 0.477. The van der Waals surface area contributed by atoms with Crippen LogP contribution in [0.15, 0.2) is 35.4 Å². The summed E-state index contributed by atoms with van der Waals surface area (Å²) in [6.45, 7) is 9.13. The van der Waals surface area contributed by atoms with E-state index in [2.05, 4.69) is 36.3 Å². The number of nitrogens with one attached hydrogen (secondary N) is 2. The summed E-state index contributed by atoms with van der Waals surface area (Å²) in [6.07, 6.45) is 3.76. The van der Waals surface area contributed by atoms with Crippen molar-refractivity contribution in [3.8, 4) is 0 Å². The van der Waals surface area contributed by atoms with Gasteiger partial charge in [0, 0.05) is 42.9 Å². The monoisotopic (exact) mass is 376 g/mol. The number of rotatable bonds is 6. The van der Waals surface area contributed by atoms with Crippen LogP contribution in [0.25, 0.3) is 0 Å². The van der Waals surface area contributed by atoms with Crippen molar-refractivity contribution in [2.45, 2.75) is 57.0 Å². The number of sulfonamides is 1. The number of hydrogen-bond acceptors (Lipinski definition) is 4. The van der Waals surface area contributed by atoms with Crippen LogP contribution in [0, 0.1) is 0 Å². The molecule has 2 N–H and O–H groups in total. The molecule has 0 spiro atoms. The Morgan fingerprint density at radius 1 is 1.12 bits per heavy atom. The Morgan fingerprint density at radius 3 is 2.38 bits per heavy atom. The molecular weight excluding hydrogens is 348 g/mol. The molecule has 0 bridgehead atoms. The number of aromatic nitrogens is 2. The molecule has 1 fully saturated rings. The van der Waals surface area contributed by atoms with Gasteiger partial charge in [-0.1, -0.05) is 32.9 Å². The molecule has 2 aromatic rings. The van der Waals surface area contributed by atoms with Crippen LogP contribution < -0.4 is 5.32 Å². The number of nitrogens with zero attached hydrogens (tertiary/aromatic N) is 2. The third kappa shape index (κ3) is 4.16. The number of H-pyrrole nitrogens is 1. The van der Waals surface area contributed by atoms with Gasteiger partial charge in [0.1, 0.15) is 0 Å². The maximum absolute atomic E-state index is 12.5. The van der Waals surface area contributed by atoms with Crippen LogP contribution in [0.5, 0.6) is 0 Å². The SMILES string of the molecule is CC(C)(C)c1[nH]ncc1CNCc1ccc(S(=O)(=O)N2CCCC2)cc1. The summed E-state index contributed by atoms with van der Waals surface area (Å²) in [7, 11) is -3.33. The minimum absolute atomic E-state index is 0.0269. The van der Waals surface area contributed by atoms with Crippen LogP contribution in [0.2, 0.25) is 0 Å². The van der Waals surface area contributed by atoms with Crippen molar-refractivity contribution in [1.82, 2.24) is 19.8 Å². The molecule has 1 aromatic heterocycles. The standard InChI is InChI=1S/C19H28N4O2S/c1-19(2,3)18-16(14-21-22-18)13-20-12-15-6-8-17(9-7-15)26(24,25)23-10-4-5-11-23/h6-9,14,20H,4-5,10-13H2,1-3H3,(H,21,22). The molecule has 7 heteroatoms. The molecule has 3 rings (SSSR count). The predicted octanol–water partition coefficient (Wildman–Crippen LogP) is 2.78. The highest BCUT2D eigenvalue weighted by Gasteiger charge is 2.26. The van der Waals surface area contributed by atoms with Gasteiger partial charge < -0.3 is 5.32 Å². The fraction of sp³-hybridized carbons (Fsp3) is 0.526. The Balaban J connectivity index is 1.59. The van der Waals surface area contributed by atoms with E-state index < -0.39 is 10.0 Å². The van der Waals surface area contributed by atoms with Gasteiger partial charge in [-0.15, -0.1) is 0 Å². The third-order valence-electron chi connectivity index (χ3n) is 4.74. The normalized spacial score (nSPS) is 16.3. The second-order valence-electron chi connectivity index (χ2n) is 7.88. The van der Waals surface area contributed by atoms with Crippen molar-refractivity contribution in [3.63, 3.8) is 0 Å². The molecule has 0 unspecified atom stereocenters. The van der Waals surface area contributed by atoms with Crippen LogP contribution >= 0.6 is 0 Å². The minimum atomic E-state index is -3.33. The van der Waals surface area contributed by atoms with Gasteiger partial charge in [-0.05, 0) is 30.5 Å². The second kappa shape index (κ2) is 7.50. The van der Waals surface area contributed by atoms with Crippen LogP contribution in [0.3, 0.4) is 0 Å². The molecule has 6 nitrogen and oxygen atoms in total. The van der Waals surface area contributed by atoms with Crippen LogP contribution in [0.4, 0.5) is 0 Å². The maximum Gasteiger partial charge on any atom is 0.243 e. The van der Waals surface area contributed by atoms with Crippen LogP contribution in [-0.4, -0.2) is 36.0 Å². The zero-order valence-electron chi connectivity index (χ0n) is 15.7. The molecule has 1 saturated heterocycles. The van der Waals surface area contributed by atoms with Crippen molar-refractivity contribution < 1.29 is 8.42 Å². The van der Waals surface area contributed by atoms with E-state index in [1.807, 2.05) is 18.3 Å². The van der Waals surface area contributed by atoms with Crippen molar-refractivity contribution >= 4 is 10.0 Å². The van der Waals surface area contributed by atoms with Gasteiger partial charge in [0.2, 0.25) is 10.0 Å². The first-order valence-electron chi connectivity index (χ1n) is 9.11. The van der Waals surface area contributed by atoms with E-state index in [4.69, 9.17) is 0 Å². The Hall–Kier alpha value is -1.70. The topological polar surface area (TPSA) is 78.1 Å². The zero-order valence-corrected chi connectivity index (χ0v) is 16.6. The van der Waals surface area contributed by atoms with Gasteiger partial charge in [0.15, 0.2) is 0 Å². The Bertz CT molecular complexity index is 829. The quantitative estimate of drug-likeness (QED) is 0.813. The fourth-order valence-electron chi connectivity index (χ4n) is 3.29. The predicted molar refractivity (Wildman–Crippen MR) is 102 cm³/mol. The zero-order chi connectivity index (χ0) is 18.8. The molecule has 142 valence electrons. The van der Waals surface area contributed by atoms with Crippen molar-refractivity contribution in [3.05, 3.63) is 47.3 Å². The molecule has 1 aromatic carbocycles. The Kier molecular flexibility index (Phi) is 5.50.